The summed E-state index contributed by atoms with van der Waals surface area (Å²) in [6, 6.07) is 0. The second-order valence-electron chi connectivity index (χ2n) is 14.4. The van der Waals surface area contributed by atoms with Gasteiger partial charge in [0.05, 0.1) is 0 Å². The third-order valence-electron chi connectivity index (χ3n) is 13.3. The van der Waals surface area contributed by atoms with Crippen LogP contribution in [-0.4, -0.2) is 0 Å². The molecule has 0 unspecified atom stereocenters. The van der Waals surface area contributed by atoms with Crippen LogP contribution in [0.5, 0.6) is 0 Å². The molecule has 0 aromatic rings. The van der Waals surface area contributed by atoms with Crippen molar-refractivity contribution in [1.29, 1.82) is 0 Å². The Kier molecular flexibility index (Phi) is 4.61. The molecule has 0 heteroatoms. The first-order valence-corrected chi connectivity index (χ1v) is 13.6. The van der Waals surface area contributed by atoms with Crippen molar-refractivity contribution in [2.24, 2.45) is 56.7 Å². The fraction of sp³-hybridized carbons (Fsp3) is 0.933. The van der Waals surface area contributed by atoms with Gasteiger partial charge in [-0.15, -0.1) is 0 Å². The minimum absolute atomic E-state index is 0.546. The van der Waals surface area contributed by atoms with E-state index < -0.39 is 0 Å². The molecular formula is C30H50. The first-order chi connectivity index (χ1) is 13.9. The highest BCUT2D eigenvalue weighted by Crippen LogP contribution is 2.84. The molecule has 5 rings (SSSR count). The van der Waals surface area contributed by atoms with Gasteiger partial charge in [0.1, 0.15) is 0 Å². The Morgan fingerprint density at radius 2 is 1.53 bits per heavy atom. The number of hydrogen-bond donors (Lipinski definition) is 0. The Balaban J connectivity index is 1.69. The van der Waals surface area contributed by atoms with Crippen molar-refractivity contribution in [3.63, 3.8) is 0 Å². The molecule has 9 atom stereocenters. The minimum atomic E-state index is 0.546. The minimum Gasteiger partial charge on any atom is -0.0856 e. The lowest BCUT2D eigenvalue weighted by Gasteiger charge is -2.77. The van der Waals surface area contributed by atoms with Crippen molar-refractivity contribution in [3.05, 3.63) is 11.6 Å². The van der Waals surface area contributed by atoms with E-state index in [9.17, 15) is 0 Å². The lowest BCUT2D eigenvalue weighted by molar-refractivity contribution is -0.288. The van der Waals surface area contributed by atoms with Crippen LogP contribution in [0.3, 0.4) is 0 Å². The van der Waals surface area contributed by atoms with Gasteiger partial charge in [0.2, 0.25) is 0 Å². The van der Waals surface area contributed by atoms with Gasteiger partial charge in [-0.25, -0.2) is 0 Å². The van der Waals surface area contributed by atoms with E-state index >= 15 is 0 Å². The Morgan fingerprint density at radius 3 is 2.23 bits per heavy atom. The van der Waals surface area contributed by atoms with Gasteiger partial charge in [0.15, 0.2) is 0 Å². The Hall–Kier alpha value is -0.260. The molecule has 0 nitrogen and oxygen atoms in total. The second-order valence-corrected chi connectivity index (χ2v) is 14.4. The first kappa shape index (κ1) is 21.6. The van der Waals surface area contributed by atoms with Gasteiger partial charge in [-0.3, -0.25) is 0 Å². The summed E-state index contributed by atoms with van der Waals surface area (Å²) in [5.74, 6) is 4.68. The standard InChI is InChI=1S/C30H50/c1-20(2)10-11-23-21(3)22-12-18-29(8)28(22,7)17-13-25-27(6)16-9-15-26(4,5)24(27)14-19-30(23,25)29/h10,21-25H,9,11-19H2,1-8H3/t21-,22+,23-,24+,25-,27+,28+,29+,30-/m1/s1. The third-order valence-corrected chi connectivity index (χ3v) is 13.3. The van der Waals surface area contributed by atoms with Crippen molar-refractivity contribution in [2.45, 2.75) is 120 Å². The van der Waals surface area contributed by atoms with Crippen LogP contribution in [0.25, 0.3) is 0 Å². The Bertz CT molecular complexity index is 739. The maximum atomic E-state index is 2.82. The highest BCUT2D eigenvalue weighted by molar-refractivity contribution is 5.26. The fourth-order valence-corrected chi connectivity index (χ4v) is 12.1. The summed E-state index contributed by atoms with van der Waals surface area (Å²) in [5, 5.41) is 0. The fourth-order valence-electron chi connectivity index (χ4n) is 12.1. The monoisotopic (exact) mass is 410 g/mol. The summed E-state index contributed by atoms with van der Waals surface area (Å²) in [7, 11) is 0. The molecule has 0 saturated heterocycles. The van der Waals surface area contributed by atoms with E-state index in [-0.39, 0.29) is 0 Å². The van der Waals surface area contributed by atoms with E-state index in [2.05, 4.69) is 61.5 Å². The molecule has 0 aromatic heterocycles. The van der Waals surface area contributed by atoms with Gasteiger partial charge in [-0.1, -0.05) is 59.6 Å². The largest absolute Gasteiger partial charge is 0.0856 e. The molecule has 30 heavy (non-hydrogen) atoms. The van der Waals surface area contributed by atoms with E-state index in [0.29, 0.717) is 27.1 Å². The summed E-state index contributed by atoms with van der Waals surface area (Å²) in [5.41, 5.74) is 4.40. The van der Waals surface area contributed by atoms with Crippen molar-refractivity contribution >= 4 is 0 Å². The molecule has 5 aliphatic rings. The maximum absolute atomic E-state index is 2.82. The molecule has 1 spiro atoms. The molecule has 170 valence electrons. The lowest BCUT2D eigenvalue weighted by atomic mass is 9.27. The zero-order valence-corrected chi connectivity index (χ0v) is 21.5. The van der Waals surface area contributed by atoms with Crippen molar-refractivity contribution in [3.8, 4) is 0 Å². The SMILES string of the molecule is CC(C)=CC[C@@H]1[C@H](C)[C@@H]2CC[C@]3(C)[C@]14CC[C@H]1C(C)(C)CCC[C@]1(C)[C@H]4CC[C@@]23C. The van der Waals surface area contributed by atoms with E-state index in [4.69, 9.17) is 0 Å². The van der Waals surface area contributed by atoms with Crippen LogP contribution in [0, 0.1) is 56.7 Å². The van der Waals surface area contributed by atoms with E-state index in [1.165, 1.54) is 69.8 Å². The lowest BCUT2D eigenvalue weighted by Crippen LogP contribution is -2.71. The summed E-state index contributed by atoms with van der Waals surface area (Å²) in [6.45, 7) is 21.0. The van der Waals surface area contributed by atoms with Gasteiger partial charge in [-0.05, 0) is 128 Å². The zero-order valence-electron chi connectivity index (χ0n) is 21.5. The van der Waals surface area contributed by atoms with Crippen LogP contribution < -0.4 is 0 Å². The van der Waals surface area contributed by atoms with Crippen LogP contribution in [-0.2, 0) is 0 Å². The quantitative estimate of drug-likeness (QED) is 0.398. The molecule has 0 radical (unpaired) electrons. The van der Waals surface area contributed by atoms with Gasteiger partial charge < -0.3 is 0 Å². The van der Waals surface area contributed by atoms with Crippen LogP contribution in [0.2, 0.25) is 0 Å². The number of hydrogen-bond acceptors (Lipinski definition) is 0. The van der Waals surface area contributed by atoms with Crippen LogP contribution in [0.4, 0.5) is 0 Å². The molecule has 0 amide bonds. The van der Waals surface area contributed by atoms with E-state index in [1.54, 1.807) is 0 Å². The summed E-state index contributed by atoms with van der Waals surface area (Å²) in [6.07, 6.45) is 17.5. The molecule has 4 bridgehead atoms. The average molecular weight is 411 g/mol. The summed E-state index contributed by atoms with van der Waals surface area (Å²) < 4.78 is 0. The van der Waals surface area contributed by atoms with Crippen molar-refractivity contribution in [1.82, 2.24) is 0 Å². The number of rotatable bonds is 2. The molecule has 5 fully saturated rings. The highest BCUT2D eigenvalue weighted by atomic mass is 14.8. The van der Waals surface area contributed by atoms with Crippen LogP contribution in [0.1, 0.15) is 120 Å². The van der Waals surface area contributed by atoms with Gasteiger partial charge in [-0.2, -0.15) is 0 Å². The predicted octanol–water partition coefficient (Wildman–Crippen LogP) is 9.05. The molecule has 0 N–H and O–H groups in total. The third kappa shape index (κ3) is 2.31. The summed E-state index contributed by atoms with van der Waals surface area (Å²) in [4.78, 5) is 0. The Morgan fingerprint density at radius 1 is 0.833 bits per heavy atom. The molecule has 5 aliphatic carbocycles. The van der Waals surface area contributed by atoms with Crippen molar-refractivity contribution in [2.75, 3.05) is 0 Å². The average Bonchev–Trinajstić information content (AvgIpc) is 2.87. The van der Waals surface area contributed by atoms with E-state index in [0.717, 1.165) is 29.6 Å². The molecule has 5 saturated carbocycles. The van der Waals surface area contributed by atoms with Crippen molar-refractivity contribution < 1.29 is 0 Å². The predicted molar refractivity (Wildman–Crippen MR) is 129 cm³/mol. The molecule has 0 heterocycles. The topological polar surface area (TPSA) is 0 Å². The smallest absolute Gasteiger partial charge is 0.0171 e. The first-order valence-electron chi connectivity index (χ1n) is 13.6. The molecule has 0 aliphatic heterocycles. The normalized spacial score (nSPS) is 56.1. The highest BCUT2D eigenvalue weighted by Gasteiger charge is 2.77. The second kappa shape index (κ2) is 6.41. The maximum Gasteiger partial charge on any atom is -0.0171 e. The molecule has 0 aromatic carbocycles. The van der Waals surface area contributed by atoms with Gasteiger partial charge in [0.25, 0.3) is 0 Å². The van der Waals surface area contributed by atoms with Crippen LogP contribution >= 0.6 is 0 Å². The molecular weight excluding hydrogens is 360 g/mol. The zero-order chi connectivity index (χ0) is 21.7. The van der Waals surface area contributed by atoms with Gasteiger partial charge >= 0.3 is 0 Å². The van der Waals surface area contributed by atoms with Gasteiger partial charge in [0, 0.05) is 0 Å². The number of fused-ring (bicyclic) bond motifs is 2. The number of allylic oxidation sites excluding steroid dienone is 2. The Labute approximate surface area is 188 Å². The van der Waals surface area contributed by atoms with Crippen LogP contribution in [0.15, 0.2) is 11.6 Å². The van der Waals surface area contributed by atoms with E-state index in [1.807, 2.05) is 0 Å². The summed E-state index contributed by atoms with van der Waals surface area (Å²) >= 11 is 0.